The quantitative estimate of drug-likeness (QED) is 0.208. The first kappa shape index (κ1) is 23.8. The van der Waals surface area contributed by atoms with E-state index in [1.165, 1.54) is 23.1 Å². The van der Waals surface area contributed by atoms with Gasteiger partial charge in [0.15, 0.2) is 5.16 Å². The largest absolute Gasteiger partial charge is 0.378 e. The first-order valence-corrected chi connectivity index (χ1v) is 12.7. The molecule has 2 aromatic heterocycles. The maximum absolute atomic E-state index is 13.4. The highest BCUT2D eigenvalue weighted by atomic mass is 32.2. The summed E-state index contributed by atoms with van der Waals surface area (Å²) in [6.45, 7) is 4.56. The third-order valence-electron chi connectivity index (χ3n) is 5.33. The van der Waals surface area contributed by atoms with Gasteiger partial charge in [-0.15, -0.1) is 17.9 Å². The molecule has 34 heavy (non-hydrogen) atoms. The lowest BCUT2D eigenvalue weighted by molar-refractivity contribution is -0.118. The number of fused-ring (bicyclic) bond motifs is 1. The molecular formula is C26H26N4O2S2. The third-order valence-corrected chi connectivity index (χ3v) is 7.18. The van der Waals surface area contributed by atoms with Crippen LogP contribution in [0.1, 0.15) is 5.56 Å². The Balaban J connectivity index is 1.50. The molecule has 1 amide bonds. The molecule has 0 radical (unpaired) electrons. The van der Waals surface area contributed by atoms with Crippen LogP contribution >= 0.6 is 23.1 Å². The van der Waals surface area contributed by atoms with Crippen LogP contribution in [0.15, 0.2) is 82.6 Å². The lowest BCUT2D eigenvalue weighted by atomic mass is 10.1. The summed E-state index contributed by atoms with van der Waals surface area (Å²) < 4.78 is 1.59. The van der Waals surface area contributed by atoms with Crippen molar-refractivity contribution < 1.29 is 4.79 Å². The Kier molecular flexibility index (Phi) is 7.49. The number of aromatic nitrogens is 2. The molecule has 0 unspecified atom stereocenters. The molecule has 0 saturated heterocycles. The van der Waals surface area contributed by atoms with E-state index in [9.17, 15) is 9.59 Å². The first-order valence-electron chi connectivity index (χ1n) is 10.8. The molecular weight excluding hydrogens is 464 g/mol. The maximum atomic E-state index is 13.4. The number of rotatable bonds is 9. The number of hydrogen-bond donors (Lipinski definition) is 1. The number of thiophene rings is 1. The number of benzene rings is 2. The highest BCUT2D eigenvalue weighted by Gasteiger charge is 2.17. The number of hydrogen-bond acceptors (Lipinski definition) is 6. The summed E-state index contributed by atoms with van der Waals surface area (Å²) in [6.07, 6.45) is 1.67. The summed E-state index contributed by atoms with van der Waals surface area (Å²) in [4.78, 5) is 33.3. The summed E-state index contributed by atoms with van der Waals surface area (Å²) in [6, 6.07) is 17.9. The van der Waals surface area contributed by atoms with Crippen LogP contribution in [0, 0.1) is 0 Å². The van der Waals surface area contributed by atoms with Crippen molar-refractivity contribution in [1.82, 2.24) is 14.9 Å². The number of anilines is 1. The first-order chi connectivity index (χ1) is 16.5. The van der Waals surface area contributed by atoms with Crippen LogP contribution in [0.4, 0.5) is 5.69 Å². The van der Waals surface area contributed by atoms with Crippen molar-refractivity contribution in [2.45, 2.75) is 18.2 Å². The topological polar surface area (TPSA) is 67.2 Å². The average molecular weight is 491 g/mol. The second-order valence-electron chi connectivity index (χ2n) is 7.92. The molecule has 0 aliphatic carbocycles. The van der Waals surface area contributed by atoms with Gasteiger partial charge >= 0.3 is 0 Å². The average Bonchev–Trinajstić information content (AvgIpc) is 3.28. The normalized spacial score (nSPS) is 10.9. The van der Waals surface area contributed by atoms with Gasteiger partial charge in [0, 0.05) is 43.8 Å². The van der Waals surface area contributed by atoms with Gasteiger partial charge in [0.05, 0.1) is 11.1 Å². The van der Waals surface area contributed by atoms with E-state index in [1.54, 1.807) is 10.6 Å². The van der Waals surface area contributed by atoms with Gasteiger partial charge in [-0.25, -0.2) is 4.98 Å². The zero-order valence-corrected chi connectivity index (χ0v) is 20.8. The van der Waals surface area contributed by atoms with Crippen LogP contribution < -0.4 is 15.8 Å². The molecule has 8 heteroatoms. The minimum atomic E-state index is -0.117. The van der Waals surface area contributed by atoms with Gasteiger partial charge in [0.2, 0.25) is 5.91 Å². The molecule has 0 atom stereocenters. The van der Waals surface area contributed by atoms with E-state index >= 15 is 0 Å². The SMILES string of the molecule is C=CCn1c(SCC(=O)NCc2ccc(N(C)C)cc2)nc2scc(-c3ccccc3)c2c1=O. The number of nitrogens with zero attached hydrogens (tertiary/aromatic N) is 3. The van der Waals surface area contributed by atoms with Gasteiger partial charge in [0.1, 0.15) is 4.83 Å². The molecule has 0 bridgehead atoms. The Morgan fingerprint density at radius 3 is 2.59 bits per heavy atom. The monoisotopic (exact) mass is 490 g/mol. The molecule has 0 aliphatic rings. The fourth-order valence-electron chi connectivity index (χ4n) is 3.53. The molecule has 4 aromatic rings. The smallest absolute Gasteiger partial charge is 0.263 e. The molecule has 1 N–H and O–H groups in total. The zero-order valence-electron chi connectivity index (χ0n) is 19.2. The highest BCUT2D eigenvalue weighted by Crippen LogP contribution is 2.32. The number of amides is 1. The van der Waals surface area contributed by atoms with Crippen molar-refractivity contribution in [3.63, 3.8) is 0 Å². The van der Waals surface area contributed by atoms with Crippen molar-refractivity contribution in [2.24, 2.45) is 0 Å². The van der Waals surface area contributed by atoms with E-state index in [-0.39, 0.29) is 17.2 Å². The third kappa shape index (κ3) is 5.24. The van der Waals surface area contributed by atoms with E-state index in [2.05, 4.69) is 11.9 Å². The van der Waals surface area contributed by atoms with Gasteiger partial charge in [-0.05, 0) is 23.3 Å². The molecule has 6 nitrogen and oxygen atoms in total. The van der Waals surface area contributed by atoms with Crippen LogP contribution in [0.2, 0.25) is 0 Å². The minimum Gasteiger partial charge on any atom is -0.378 e. The predicted octanol–water partition coefficient (Wildman–Crippen LogP) is 4.79. The predicted molar refractivity (Wildman–Crippen MR) is 143 cm³/mol. The van der Waals surface area contributed by atoms with Crippen LogP contribution in [0.25, 0.3) is 21.3 Å². The molecule has 0 aliphatic heterocycles. The van der Waals surface area contributed by atoms with Gasteiger partial charge < -0.3 is 10.2 Å². The van der Waals surface area contributed by atoms with E-state index in [0.717, 1.165) is 22.4 Å². The minimum absolute atomic E-state index is 0.114. The number of thioether (sulfide) groups is 1. The molecule has 4 rings (SSSR count). The van der Waals surface area contributed by atoms with E-state index in [1.807, 2.05) is 79.0 Å². The van der Waals surface area contributed by atoms with Crippen LogP contribution in [-0.4, -0.2) is 35.3 Å². The van der Waals surface area contributed by atoms with E-state index in [0.29, 0.717) is 28.5 Å². The number of carbonyl (C=O) groups is 1. The fourth-order valence-corrected chi connectivity index (χ4v) is 5.36. The number of allylic oxidation sites excluding steroid dienone is 1. The van der Waals surface area contributed by atoms with Gasteiger partial charge in [-0.1, -0.05) is 60.3 Å². The highest BCUT2D eigenvalue weighted by molar-refractivity contribution is 7.99. The van der Waals surface area contributed by atoms with E-state index in [4.69, 9.17) is 4.98 Å². The molecule has 2 heterocycles. The van der Waals surface area contributed by atoms with Crippen molar-refractivity contribution >= 4 is 44.9 Å². The number of nitrogens with one attached hydrogen (secondary N) is 1. The summed E-state index contributed by atoms with van der Waals surface area (Å²) in [5.74, 6) is 0.0549. The summed E-state index contributed by atoms with van der Waals surface area (Å²) >= 11 is 2.70. The molecule has 0 fully saturated rings. The summed E-state index contributed by atoms with van der Waals surface area (Å²) in [5.41, 5.74) is 3.88. The van der Waals surface area contributed by atoms with E-state index < -0.39 is 0 Å². The Hall–Kier alpha value is -3.36. The zero-order chi connectivity index (χ0) is 24.1. The second kappa shape index (κ2) is 10.7. The molecule has 0 saturated carbocycles. The molecule has 174 valence electrons. The number of carbonyl (C=O) groups excluding carboxylic acids is 1. The van der Waals surface area contributed by atoms with Crippen LogP contribution in [0.3, 0.4) is 0 Å². The lowest BCUT2D eigenvalue weighted by Gasteiger charge is -2.13. The Morgan fingerprint density at radius 1 is 1.18 bits per heavy atom. The summed E-state index contributed by atoms with van der Waals surface area (Å²) in [7, 11) is 3.98. The molecule has 0 spiro atoms. The fraction of sp³-hybridized carbons (Fsp3) is 0.192. The van der Waals surface area contributed by atoms with Crippen molar-refractivity contribution in [3.05, 3.63) is 88.5 Å². The Labute approximate surface area is 207 Å². The Bertz CT molecular complexity index is 1360. The van der Waals surface area contributed by atoms with Crippen LogP contribution in [0.5, 0.6) is 0 Å². The van der Waals surface area contributed by atoms with Gasteiger partial charge in [-0.2, -0.15) is 0 Å². The van der Waals surface area contributed by atoms with Crippen molar-refractivity contribution in [1.29, 1.82) is 0 Å². The molecule has 2 aromatic carbocycles. The van der Waals surface area contributed by atoms with Gasteiger partial charge in [0.25, 0.3) is 5.56 Å². The van der Waals surface area contributed by atoms with Crippen LogP contribution in [-0.2, 0) is 17.9 Å². The Morgan fingerprint density at radius 2 is 1.91 bits per heavy atom. The van der Waals surface area contributed by atoms with Crippen molar-refractivity contribution in [2.75, 3.05) is 24.7 Å². The van der Waals surface area contributed by atoms with Gasteiger partial charge in [-0.3, -0.25) is 14.2 Å². The maximum Gasteiger partial charge on any atom is 0.263 e. The second-order valence-corrected chi connectivity index (χ2v) is 9.72. The standard InChI is InChI=1S/C26H26N4O2S2/c1-4-14-30-25(32)23-21(19-8-6-5-7-9-19)16-33-24(23)28-26(30)34-17-22(31)27-15-18-10-12-20(13-11-18)29(2)3/h4-13,16H,1,14-15,17H2,2-3H3,(H,27,31). The van der Waals surface area contributed by atoms with Crippen molar-refractivity contribution in [3.8, 4) is 11.1 Å². The summed E-state index contributed by atoms with van der Waals surface area (Å²) in [5, 5.41) is 6.03. The lowest BCUT2D eigenvalue weighted by Crippen LogP contribution is -2.26.